The quantitative estimate of drug-likeness (QED) is 0.0898. The van der Waals surface area contributed by atoms with Crippen LogP contribution in [0.25, 0.3) is 0 Å². The van der Waals surface area contributed by atoms with Crippen LogP contribution in [0.1, 0.15) is 35.7 Å². The van der Waals surface area contributed by atoms with Gasteiger partial charge in [0, 0.05) is 12.1 Å². The van der Waals surface area contributed by atoms with Crippen molar-refractivity contribution in [1.29, 1.82) is 0 Å². The van der Waals surface area contributed by atoms with Crippen LogP contribution in [-0.4, -0.2) is 118 Å². The van der Waals surface area contributed by atoms with Crippen LogP contribution < -0.4 is 5.32 Å². The van der Waals surface area contributed by atoms with E-state index in [0.717, 1.165) is 18.6 Å². The maximum absolute atomic E-state index is 13.0. The fraction of sp³-hybridized carbons (Fsp3) is 0.588. The molecule has 0 aliphatic carbocycles. The molecule has 0 saturated heterocycles. The van der Waals surface area contributed by atoms with Crippen molar-refractivity contribution in [3.05, 3.63) is 59.7 Å². The molecule has 2 aromatic carbocycles. The molecule has 2 rings (SSSR count). The Labute approximate surface area is 285 Å². The second-order valence-electron chi connectivity index (χ2n) is 10.1. The largest absolute Gasteiger partial charge is 0.463 e. The van der Waals surface area contributed by atoms with E-state index in [9.17, 15) is 22.8 Å². The number of esters is 2. The van der Waals surface area contributed by atoms with Crippen molar-refractivity contribution >= 4 is 23.3 Å². The Bertz CT molecular complexity index is 1170. The van der Waals surface area contributed by atoms with Crippen LogP contribution in [0.2, 0.25) is 0 Å². The lowest BCUT2D eigenvalue weighted by Gasteiger charge is -2.13. The SMILES string of the molecule is CCCC(=O)OCCOCCOCCOCCOCCOCCOCCOCCOC(=O)c1ccccc1Nc1cccc(C(F)(F)F)c1. The summed E-state index contributed by atoms with van der Waals surface area (Å²) >= 11 is 0. The molecule has 0 aliphatic heterocycles. The molecule has 12 nitrogen and oxygen atoms in total. The highest BCUT2D eigenvalue weighted by atomic mass is 19.4. The molecule has 15 heteroatoms. The van der Waals surface area contributed by atoms with Crippen LogP contribution in [0.5, 0.6) is 0 Å². The Kier molecular flexibility index (Phi) is 22.7. The molecular formula is C34H48F3NO11. The van der Waals surface area contributed by atoms with Gasteiger partial charge >= 0.3 is 18.1 Å². The van der Waals surface area contributed by atoms with Crippen LogP contribution in [-0.2, 0) is 53.6 Å². The minimum atomic E-state index is -4.48. The second-order valence-corrected chi connectivity index (χ2v) is 10.1. The summed E-state index contributed by atoms with van der Waals surface area (Å²) in [5.74, 6) is -0.840. The topological polar surface area (TPSA) is 129 Å². The normalized spacial score (nSPS) is 11.4. The first-order valence-corrected chi connectivity index (χ1v) is 16.2. The van der Waals surface area contributed by atoms with Crippen molar-refractivity contribution in [2.45, 2.75) is 25.9 Å². The molecule has 0 amide bonds. The number of hydrogen-bond donors (Lipinski definition) is 1. The van der Waals surface area contributed by atoms with Crippen molar-refractivity contribution in [2.75, 3.05) is 111 Å². The highest BCUT2D eigenvalue weighted by molar-refractivity contribution is 5.96. The number of carbonyl (C=O) groups excluding carboxylic acids is 2. The number of halogens is 3. The van der Waals surface area contributed by atoms with E-state index in [1.165, 1.54) is 18.2 Å². The monoisotopic (exact) mass is 703 g/mol. The van der Waals surface area contributed by atoms with Gasteiger partial charge in [-0.3, -0.25) is 4.79 Å². The summed E-state index contributed by atoms with van der Waals surface area (Å²) in [4.78, 5) is 23.8. The zero-order chi connectivity index (χ0) is 35.4. The Hall–Kier alpha value is -3.31. The molecule has 0 fully saturated rings. The number of benzene rings is 2. The maximum atomic E-state index is 13.0. The van der Waals surface area contributed by atoms with Crippen molar-refractivity contribution in [3.8, 4) is 0 Å². The summed E-state index contributed by atoms with van der Waals surface area (Å²) < 4.78 is 87.2. The van der Waals surface area contributed by atoms with Gasteiger partial charge in [0.25, 0.3) is 0 Å². The van der Waals surface area contributed by atoms with Crippen LogP contribution in [0, 0.1) is 0 Å². The smallest absolute Gasteiger partial charge is 0.416 e. The predicted octanol–water partition coefficient (Wildman–Crippen LogP) is 5.07. The Morgan fingerprint density at radius 2 is 1.04 bits per heavy atom. The molecule has 0 unspecified atom stereocenters. The molecule has 0 bridgehead atoms. The summed E-state index contributed by atoms with van der Waals surface area (Å²) in [7, 11) is 0. The fourth-order valence-electron chi connectivity index (χ4n) is 3.88. The molecule has 0 atom stereocenters. The molecule has 2 aromatic rings. The fourth-order valence-corrected chi connectivity index (χ4v) is 3.88. The molecule has 0 saturated carbocycles. The average molecular weight is 704 g/mol. The van der Waals surface area contributed by atoms with Gasteiger partial charge in [0.15, 0.2) is 0 Å². The molecule has 0 aromatic heterocycles. The van der Waals surface area contributed by atoms with Crippen LogP contribution in [0.4, 0.5) is 24.5 Å². The highest BCUT2D eigenvalue weighted by Crippen LogP contribution is 2.32. The predicted molar refractivity (Wildman–Crippen MR) is 173 cm³/mol. The van der Waals surface area contributed by atoms with E-state index < -0.39 is 17.7 Å². The lowest BCUT2D eigenvalue weighted by Crippen LogP contribution is -2.16. The zero-order valence-corrected chi connectivity index (χ0v) is 28.0. The van der Waals surface area contributed by atoms with Gasteiger partial charge in [0.1, 0.15) is 13.2 Å². The minimum absolute atomic E-state index is 0.00449. The number of hydrogen-bond acceptors (Lipinski definition) is 12. The minimum Gasteiger partial charge on any atom is -0.463 e. The number of carbonyl (C=O) groups is 2. The molecule has 0 aliphatic rings. The third kappa shape index (κ3) is 20.7. The number of rotatable bonds is 29. The van der Waals surface area contributed by atoms with Crippen molar-refractivity contribution in [2.24, 2.45) is 0 Å². The molecule has 1 N–H and O–H groups in total. The van der Waals surface area contributed by atoms with E-state index in [-0.39, 0.29) is 37.0 Å². The van der Waals surface area contributed by atoms with E-state index in [1.807, 2.05) is 6.92 Å². The second kappa shape index (κ2) is 26.5. The lowest BCUT2D eigenvalue weighted by molar-refractivity contribution is -0.145. The molecule has 0 spiro atoms. The van der Waals surface area contributed by atoms with Gasteiger partial charge in [-0.05, 0) is 36.8 Å². The summed E-state index contributed by atoms with van der Waals surface area (Å²) in [5.41, 5.74) is -0.100. The maximum Gasteiger partial charge on any atom is 0.416 e. The first-order valence-electron chi connectivity index (χ1n) is 16.2. The number of anilines is 2. The third-order valence-electron chi connectivity index (χ3n) is 6.25. The van der Waals surface area contributed by atoms with Gasteiger partial charge in [-0.2, -0.15) is 13.2 Å². The van der Waals surface area contributed by atoms with E-state index >= 15 is 0 Å². The van der Waals surface area contributed by atoms with Crippen LogP contribution >= 0.6 is 0 Å². The Balaban J connectivity index is 1.35. The summed E-state index contributed by atoms with van der Waals surface area (Å²) in [6.45, 7) is 7.56. The standard InChI is InChI=1S/C34H48F3NO11/c1-2-6-32(39)48-25-23-46-21-19-44-17-15-42-13-11-41-12-14-43-16-18-45-20-22-47-24-26-49-33(40)30-9-3-4-10-31(30)38-29-8-5-7-28(27-29)34(35,36)37/h3-5,7-10,27,38H,2,6,11-26H2,1H3. The van der Waals surface area contributed by atoms with Gasteiger partial charge in [0.2, 0.25) is 0 Å². The van der Waals surface area contributed by atoms with Gasteiger partial charge in [-0.25, -0.2) is 4.79 Å². The Morgan fingerprint density at radius 1 is 0.592 bits per heavy atom. The summed E-state index contributed by atoms with van der Waals surface area (Å²) in [6, 6.07) is 11.1. The number of nitrogens with one attached hydrogen (secondary N) is 1. The number of para-hydroxylation sites is 1. The lowest BCUT2D eigenvalue weighted by atomic mass is 10.1. The summed E-state index contributed by atoms with van der Waals surface area (Å²) in [6.07, 6.45) is -3.29. The molecule has 0 radical (unpaired) electrons. The van der Waals surface area contributed by atoms with Crippen LogP contribution in [0.3, 0.4) is 0 Å². The third-order valence-corrected chi connectivity index (χ3v) is 6.25. The van der Waals surface area contributed by atoms with Crippen LogP contribution in [0.15, 0.2) is 48.5 Å². The first kappa shape index (κ1) is 41.9. The van der Waals surface area contributed by atoms with Gasteiger partial charge in [0.05, 0.1) is 109 Å². The van der Waals surface area contributed by atoms with Crippen molar-refractivity contribution in [1.82, 2.24) is 0 Å². The van der Waals surface area contributed by atoms with Crippen molar-refractivity contribution < 1.29 is 65.4 Å². The van der Waals surface area contributed by atoms with Gasteiger partial charge in [-0.1, -0.05) is 25.1 Å². The van der Waals surface area contributed by atoms with Crippen molar-refractivity contribution in [3.63, 3.8) is 0 Å². The summed E-state index contributed by atoms with van der Waals surface area (Å²) in [5, 5.41) is 2.85. The Morgan fingerprint density at radius 3 is 1.51 bits per heavy atom. The molecule has 276 valence electrons. The molecular weight excluding hydrogens is 655 g/mol. The van der Waals surface area contributed by atoms with E-state index in [2.05, 4.69) is 5.32 Å². The first-order chi connectivity index (χ1) is 23.8. The highest BCUT2D eigenvalue weighted by Gasteiger charge is 2.30. The van der Waals surface area contributed by atoms with Gasteiger partial charge in [-0.15, -0.1) is 0 Å². The number of ether oxygens (including phenoxy) is 9. The molecule has 49 heavy (non-hydrogen) atoms. The van der Waals surface area contributed by atoms with Gasteiger partial charge < -0.3 is 47.9 Å². The molecule has 0 heterocycles. The number of alkyl halides is 3. The van der Waals surface area contributed by atoms with E-state index in [4.69, 9.17) is 42.6 Å². The zero-order valence-electron chi connectivity index (χ0n) is 28.0. The van der Waals surface area contributed by atoms with E-state index in [1.54, 1.807) is 18.2 Å². The average Bonchev–Trinajstić information content (AvgIpc) is 3.08. The van der Waals surface area contributed by atoms with E-state index in [0.29, 0.717) is 98.0 Å².